The van der Waals surface area contributed by atoms with E-state index in [1.54, 1.807) is 0 Å². The molecule has 0 amide bonds. The van der Waals surface area contributed by atoms with E-state index in [0.29, 0.717) is 18.7 Å². The summed E-state index contributed by atoms with van der Waals surface area (Å²) in [5, 5.41) is 34.8. The number of hydrogen-bond acceptors (Lipinski definition) is 8. The van der Waals surface area contributed by atoms with Crippen molar-refractivity contribution in [2.24, 2.45) is 5.73 Å². The summed E-state index contributed by atoms with van der Waals surface area (Å²) in [6.07, 6.45) is 0. The van der Waals surface area contributed by atoms with Crippen LogP contribution in [0.2, 0.25) is 0 Å². The Morgan fingerprint density at radius 1 is 1.25 bits per heavy atom. The second-order valence-electron chi connectivity index (χ2n) is 5.26. The van der Waals surface area contributed by atoms with Crippen LogP contribution >= 0.6 is 0 Å². The smallest absolute Gasteiger partial charge is 0.299 e. The molecule has 1 saturated heterocycles. The average Bonchev–Trinajstić information content (AvgIpc) is 3.04. The summed E-state index contributed by atoms with van der Waals surface area (Å²) in [6.45, 7) is 0.899. The maximum Gasteiger partial charge on any atom is 0.299 e. The number of nitro benzene ring substituents is 1. The van der Waals surface area contributed by atoms with Crippen molar-refractivity contribution in [3.63, 3.8) is 0 Å². The van der Waals surface area contributed by atoms with Crippen LogP contribution in [0, 0.1) is 31.6 Å². The van der Waals surface area contributed by atoms with Crippen LogP contribution in [0.3, 0.4) is 0 Å². The lowest BCUT2D eigenvalue weighted by atomic mass is 9.86. The SMILES string of the molecule is N#CC1=C(N)N2CCNC2=C([N+](=O)[O-])C1c1ccc([N+](=O)[O-])cc1. The van der Waals surface area contributed by atoms with Crippen molar-refractivity contribution in [2.45, 2.75) is 5.92 Å². The second-order valence-corrected chi connectivity index (χ2v) is 5.26. The minimum Gasteiger partial charge on any atom is -0.384 e. The topological polar surface area (TPSA) is 151 Å². The van der Waals surface area contributed by atoms with Crippen molar-refractivity contribution in [1.29, 1.82) is 5.26 Å². The van der Waals surface area contributed by atoms with Gasteiger partial charge in [0, 0.05) is 25.2 Å². The standard InChI is InChI=1S/C14H12N6O4/c15-7-10-11(8-1-3-9(4-2-8)19(21)22)12(20(23)24)14-17-5-6-18(14)13(10)16/h1-4,11,17H,5-6,16H2. The highest BCUT2D eigenvalue weighted by atomic mass is 16.6. The Morgan fingerprint density at radius 2 is 1.92 bits per heavy atom. The number of fused-ring (bicyclic) bond motifs is 1. The number of nitro groups is 2. The van der Waals surface area contributed by atoms with Gasteiger partial charge in [-0.2, -0.15) is 5.26 Å². The number of allylic oxidation sites excluding steroid dienone is 1. The van der Waals surface area contributed by atoms with E-state index in [1.807, 2.05) is 6.07 Å². The average molecular weight is 328 g/mol. The normalized spacial score (nSPS) is 19.6. The molecular formula is C14H12N6O4. The Kier molecular flexibility index (Phi) is 3.53. The number of nitrogens with two attached hydrogens (primary N) is 1. The van der Waals surface area contributed by atoms with Gasteiger partial charge in [0.25, 0.3) is 11.4 Å². The summed E-state index contributed by atoms with van der Waals surface area (Å²) in [4.78, 5) is 22.8. The van der Waals surface area contributed by atoms with E-state index in [9.17, 15) is 25.5 Å². The summed E-state index contributed by atoms with van der Waals surface area (Å²) in [6, 6.07) is 7.25. The van der Waals surface area contributed by atoms with Crippen LogP contribution < -0.4 is 11.1 Å². The molecule has 2 aliphatic heterocycles. The molecular weight excluding hydrogens is 316 g/mol. The highest BCUT2D eigenvalue weighted by Crippen LogP contribution is 2.40. The third-order valence-electron chi connectivity index (χ3n) is 4.02. The summed E-state index contributed by atoms with van der Waals surface area (Å²) in [7, 11) is 0. The molecule has 1 unspecified atom stereocenters. The van der Waals surface area contributed by atoms with E-state index in [-0.39, 0.29) is 28.6 Å². The molecule has 1 atom stereocenters. The van der Waals surface area contributed by atoms with E-state index >= 15 is 0 Å². The number of nitriles is 1. The number of hydrogen-bond donors (Lipinski definition) is 2. The monoisotopic (exact) mass is 328 g/mol. The second kappa shape index (κ2) is 5.54. The number of benzene rings is 1. The van der Waals surface area contributed by atoms with Gasteiger partial charge in [-0.05, 0) is 5.56 Å². The lowest BCUT2D eigenvalue weighted by Crippen LogP contribution is -2.36. The first-order valence-corrected chi connectivity index (χ1v) is 6.99. The van der Waals surface area contributed by atoms with E-state index in [2.05, 4.69) is 5.32 Å². The zero-order chi connectivity index (χ0) is 17.4. The summed E-state index contributed by atoms with van der Waals surface area (Å²) in [5.41, 5.74) is 6.15. The zero-order valence-electron chi connectivity index (χ0n) is 12.3. The molecule has 0 radical (unpaired) electrons. The minimum absolute atomic E-state index is 0.0583. The maximum atomic E-state index is 11.6. The predicted octanol–water partition coefficient (Wildman–Crippen LogP) is 0.737. The first kappa shape index (κ1) is 15.3. The van der Waals surface area contributed by atoms with E-state index in [0.717, 1.165) is 0 Å². The Balaban J connectivity index is 2.18. The van der Waals surface area contributed by atoms with Gasteiger partial charge in [0.15, 0.2) is 5.82 Å². The molecule has 122 valence electrons. The molecule has 3 N–H and O–H groups in total. The molecule has 1 aromatic carbocycles. The third-order valence-corrected chi connectivity index (χ3v) is 4.02. The molecule has 10 nitrogen and oxygen atoms in total. The molecule has 0 aliphatic carbocycles. The Hall–Kier alpha value is -3.61. The molecule has 1 aromatic rings. The molecule has 24 heavy (non-hydrogen) atoms. The number of rotatable bonds is 3. The van der Waals surface area contributed by atoms with Gasteiger partial charge < -0.3 is 16.0 Å². The van der Waals surface area contributed by atoms with E-state index in [4.69, 9.17) is 5.73 Å². The largest absolute Gasteiger partial charge is 0.384 e. The Morgan fingerprint density at radius 3 is 2.46 bits per heavy atom. The number of nitrogens with one attached hydrogen (secondary N) is 1. The van der Waals surface area contributed by atoms with Crippen LogP contribution in [0.15, 0.2) is 47.2 Å². The van der Waals surface area contributed by atoms with Gasteiger partial charge in [0.2, 0.25) is 0 Å². The molecule has 2 heterocycles. The number of nitrogens with zero attached hydrogens (tertiary/aromatic N) is 4. The zero-order valence-corrected chi connectivity index (χ0v) is 12.3. The van der Waals surface area contributed by atoms with Gasteiger partial charge in [-0.25, -0.2) is 0 Å². The highest BCUT2D eigenvalue weighted by molar-refractivity contribution is 5.50. The van der Waals surface area contributed by atoms with Crippen LogP contribution in [0.5, 0.6) is 0 Å². The van der Waals surface area contributed by atoms with Gasteiger partial charge in [-0.15, -0.1) is 0 Å². The van der Waals surface area contributed by atoms with E-state index in [1.165, 1.54) is 29.2 Å². The van der Waals surface area contributed by atoms with Crippen molar-refractivity contribution >= 4 is 5.69 Å². The Bertz CT molecular complexity index is 836. The van der Waals surface area contributed by atoms with Crippen LogP contribution in [0.1, 0.15) is 11.5 Å². The van der Waals surface area contributed by atoms with Crippen molar-refractivity contribution in [1.82, 2.24) is 10.2 Å². The van der Waals surface area contributed by atoms with Gasteiger partial charge in [0.05, 0.1) is 21.5 Å². The van der Waals surface area contributed by atoms with Crippen molar-refractivity contribution < 1.29 is 9.85 Å². The van der Waals surface area contributed by atoms with Gasteiger partial charge in [-0.1, -0.05) is 12.1 Å². The van der Waals surface area contributed by atoms with Gasteiger partial charge in [-0.3, -0.25) is 20.2 Å². The summed E-state index contributed by atoms with van der Waals surface area (Å²) in [5.74, 6) is -0.561. The van der Waals surface area contributed by atoms with Crippen LogP contribution in [0.25, 0.3) is 0 Å². The molecule has 0 aromatic heterocycles. The molecule has 10 heteroatoms. The Labute approximate surface area is 135 Å². The molecule has 0 saturated carbocycles. The van der Waals surface area contributed by atoms with Crippen molar-refractivity contribution in [3.05, 3.63) is 73.0 Å². The number of non-ortho nitro benzene ring substituents is 1. The van der Waals surface area contributed by atoms with Crippen LogP contribution in [-0.2, 0) is 0 Å². The minimum atomic E-state index is -0.984. The van der Waals surface area contributed by atoms with Crippen LogP contribution in [0.4, 0.5) is 5.69 Å². The molecule has 0 bridgehead atoms. The van der Waals surface area contributed by atoms with Crippen molar-refractivity contribution in [2.75, 3.05) is 13.1 Å². The third kappa shape index (κ3) is 2.19. The predicted molar refractivity (Wildman–Crippen MR) is 81.4 cm³/mol. The molecule has 2 aliphatic rings. The van der Waals surface area contributed by atoms with Crippen LogP contribution in [-0.4, -0.2) is 27.8 Å². The van der Waals surface area contributed by atoms with Crippen molar-refractivity contribution in [3.8, 4) is 6.07 Å². The lowest BCUT2D eigenvalue weighted by molar-refractivity contribution is -0.432. The lowest BCUT2D eigenvalue weighted by Gasteiger charge is -2.29. The fourth-order valence-electron chi connectivity index (χ4n) is 2.96. The van der Waals surface area contributed by atoms with E-state index < -0.39 is 15.8 Å². The van der Waals surface area contributed by atoms with Gasteiger partial charge in [0.1, 0.15) is 11.7 Å². The molecule has 1 fully saturated rings. The molecule has 3 rings (SSSR count). The van der Waals surface area contributed by atoms with Gasteiger partial charge >= 0.3 is 0 Å². The molecule has 0 spiro atoms. The summed E-state index contributed by atoms with van der Waals surface area (Å²) < 4.78 is 0. The fraction of sp³-hybridized carbons (Fsp3) is 0.214. The first-order chi connectivity index (χ1) is 11.5. The highest BCUT2D eigenvalue weighted by Gasteiger charge is 2.44. The quantitative estimate of drug-likeness (QED) is 0.608. The summed E-state index contributed by atoms with van der Waals surface area (Å²) >= 11 is 0. The maximum absolute atomic E-state index is 11.6. The first-order valence-electron chi connectivity index (χ1n) is 6.99. The fourth-order valence-corrected chi connectivity index (χ4v) is 2.96.